The van der Waals surface area contributed by atoms with Gasteiger partial charge in [0.25, 0.3) is 5.56 Å². The van der Waals surface area contributed by atoms with Gasteiger partial charge in [0.2, 0.25) is 0 Å². The lowest BCUT2D eigenvalue weighted by Crippen LogP contribution is -2.11. The van der Waals surface area contributed by atoms with Crippen LogP contribution in [0.25, 0.3) is 0 Å². The highest BCUT2D eigenvalue weighted by molar-refractivity contribution is 5.18. The van der Waals surface area contributed by atoms with Gasteiger partial charge in [0.05, 0.1) is 0 Å². The summed E-state index contributed by atoms with van der Waals surface area (Å²) in [4.78, 5) is 18.1. The number of aromatic nitrogens is 2. The Balaban J connectivity index is 2.28. The smallest absolute Gasteiger partial charge is 0.251 e. The number of nitrogens with zero attached hydrogens (tertiary/aromatic N) is 1. The number of pyridine rings is 2. The lowest BCUT2D eigenvalue weighted by atomic mass is 10.1. The molecule has 2 rings (SSSR count). The van der Waals surface area contributed by atoms with Gasteiger partial charge in [-0.1, -0.05) is 12.1 Å². The van der Waals surface area contributed by atoms with Crippen molar-refractivity contribution >= 4 is 0 Å². The summed E-state index contributed by atoms with van der Waals surface area (Å²) in [5, 5.41) is 0. The fraction of sp³-hybridized carbons (Fsp3) is 0.0909. The summed E-state index contributed by atoms with van der Waals surface area (Å²) in [6.45, 7) is 0. The molecular weight excluding hydrogens is 176 g/mol. The minimum Gasteiger partial charge on any atom is -0.329 e. The lowest BCUT2D eigenvalue weighted by molar-refractivity contribution is 1.03. The topological polar surface area (TPSA) is 45.8 Å². The van der Waals surface area contributed by atoms with E-state index in [1.807, 2.05) is 30.3 Å². The molecule has 0 amide bonds. The Hall–Kier alpha value is -1.90. The van der Waals surface area contributed by atoms with Crippen LogP contribution < -0.4 is 5.56 Å². The quantitative estimate of drug-likeness (QED) is 0.769. The summed E-state index contributed by atoms with van der Waals surface area (Å²) < 4.78 is 0. The van der Waals surface area contributed by atoms with E-state index in [-0.39, 0.29) is 5.56 Å². The van der Waals surface area contributed by atoms with Crippen LogP contribution in [0.5, 0.6) is 0 Å². The number of H-pyrrole nitrogens is 1. The van der Waals surface area contributed by atoms with E-state index in [1.165, 1.54) is 0 Å². The van der Waals surface area contributed by atoms with Crippen molar-refractivity contribution in [3.05, 3.63) is 64.3 Å². The zero-order valence-electron chi connectivity index (χ0n) is 7.60. The first kappa shape index (κ1) is 8.69. The minimum atomic E-state index is -0.0434. The van der Waals surface area contributed by atoms with Crippen molar-refractivity contribution in [2.75, 3.05) is 0 Å². The molecule has 0 fully saturated rings. The van der Waals surface area contributed by atoms with Gasteiger partial charge < -0.3 is 4.98 Å². The molecule has 2 heterocycles. The maximum absolute atomic E-state index is 11.3. The standard InChI is InChI=1S/C11H10N2O/c14-11-9(4-3-7-13-11)8-10-5-1-2-6-12-10/h1-7H,8H2,(H,13,14). The molecule has 0 aliphatic rings. The molecule has 3 heteroatoms. The molecule has 2 aromatic heterocycles. The molecule has 3 nitrogen and oxygen atoms in total. The number of rotatable bonds is 2. The molecule has 0 aromatic carbocycles. The van der Waals surface area contributed by atoms with Crippen molar-refractivity contribution in [3.8, 4) is 0 Å². The van der Waals surface area contributed by atoms with Gasteiger partial charge in [-0.25, -0.2) is 0 Å². The Morgan fingerprint density at radius 1 is 1.21 bits per heavy atom. The van der Waals surface area contributed by atoms with Crippen LogP contribution in [0.1, 0.15) is 11.3 Å². The normalized spacial score (nSPS) is 10.0. The maximum atomic E-state index is 11.3. The highest BCUT2D eigenvalue weighted by atomic mass is 16.1. The van der Waals surface area contributed by atoms with Gasteiger partial charge in [-0.15, -0.1) is 0 Å². The number of aromatic amines is 1. The van der Waals surface area contributed by atoms with E-state index in [2.05, 4.69) is 9.97 Å². The Kier molecular flexibility index (Phi) is 2.40. The largest absolute Gasteiger partial charge is 0.329 e. The molecule has 0 aliphatic carbocycles. The molecule has 0 bridgehead atoms. The summed E-state index contributed by atoms with van der Waals surface area (Å²) in [6, 6.07) is 9.32. The van der Waals surface area contributed by atoms with E-state index < -0.39 is 0 Å². The van der Waals surface area contributed by atoms with E-state index >= 15 is 0 Å². The van der Waals surface area contributed by atoms with Crippen LogP contribution in [-0.2, 0) is 6.42 Å². The maximum Gasteiger partial charge on any atom is 0.251 e. The summed E-state index contributed by atoms with van der Waals surface area (Å²) in [5.74, 6) is 0. The first-order valence-corrected chi connectivity index (χ1v) is 4.43. The third-order valence-electron chi connectivity index (χ3n) is 2.00. The van der Waals surface area contributed by atoms with Crippen LogP contribution in [-0.4, -0.2) is 9.97 Å². The van der Waals surface area contributed by atoms with Crippen LogP contribution in [0.4, 0.5) is 0 Å². The highest BCUT2D eigenvalue weighted by Crippen LogP contribution is 2.00. The van der Waals surface area contributed by atoms with Crippen LogP contribution in [0, 0.1) is 0 Å². The van der Waals surface area contributed by atoms with Gasteiger partial charge in [0.1, 0.15) is 0 Å². The Labute approximate surface area is 81.5 Å². The molecule has 70 valence electrons. The van der Waals surface area contributed by atoms with E-state index in [9.17, 15) is 4.79 Å². The van der Waals surface area contributed by atoms with Gasteiger partial charge in [0, 0.05) is 30.1 Å². The predicted molar refractivity (Wildman–Crippen MR) is 54.1 cm³/mol. The van der Waals surface area contributed by atoms with Crippen LogP contribution in [0.15, 0.2) is 47.5 Å². The first-order chi connectivity index (χ1) is 6.86. The SMILES string of the molecule is O=c1[nH]cccc1Cc1ccccn1. The average Bonchev–Trinajstić information content (AvgIpc) is 2.23. The molecular formula is C11H10N2O. The van der Waals surface area contributed by atoms with E-state index in [0.29, 0.717) is 6.42 Å². The number of nitrogens with one attached hydrogen (secondary N) is 1. The number of hydrogen-bond acceptors (Lipinski definition) is 2. The number of hydrogen-bond donors (Lipinski definition) is 1. The molecule has 0 saturated carbocycles. The highest BCUT2D eigenvalue weighted by Gasteiger charge is 1.99. The summed E-state index contributed by atoms with van der Waals surface area (Å²) in [5.41, 5.74) is 1.61. The molecule has 0 saturated heterocycles. The first-order valence-electron chi connectivity index (χ1n) is 4.43. The van der Waals surface area contributed by atoms with E-state index in [0.717, 1.165) is 11.3 Å². The Morgan fingerprint density at radius 2 is 2.14 bits per heavy atom. The summed E-state index contributed by atoms with van der Waals surface area (Å²) >= 11 is 0. The van der Waals surface area contributed by atoms with Crippen LogP contribution >= 0.6 is 0 Å². The van der Waals surface area contributed by atoms with Gasteiger partial charge >= 0.3 is 0 Å². The predicted octanol–water partition coefficient (Wildman–Crippen LogP) is 1.36. The van der Waals surface area contributed by atoms with Gasteiger partial charge in [-0.3, -0.25) is 9.78 Å². The second-order valence-corrected chi connectivity index (χ2v) is 3.02. The Bertz CT molecular complexity index is 462. The van der Waals surface area contributed by atoms with Crippen molar-refractivity contribution in [2.24, 2.45) is 0 Å². The van der Waals surface area contributed by atoms with Crippen molar-refractivity contribution < 1.29 is 0 Å². The fourth-order valence-electron chi connectivity index (χ4n) is 1.29. The van der Waals surface area contributed by atoms with Gasteiger partial charge in [0.15, 0.2) is 0 Å². The second kappa shape index (κ2) is 3.87. The monoisotopic (exact) mass is 186 g/mol. The zero-order valence-corrected chi connectivity index (χ0v) is 7.60. The molecule has 0 radical (unpaired) electrons. The molecule has 2 aromatic rings. The molecule has 0 aliphatic heterocycles. The lowest BCUT2D eigenvalue weighted by Gasteiger charge is -1.98. The molecule has 14 heavy (non-hydrogen) atoms. The second-order valence-electron chi connectivity index (χ2n) is 3.02. The fourth-order valence-corrected chi connectivity index (χ4v) is 1.29. The molecule has 0 atom stereocenters. The van der Waals surface area contributed by atoms with E-state index in [1.54, 1.807) is 12.4 Å². The Morgan fingerprint density at radius 3 is 2.86 bits per heavy atom. The summed E-state index contributed by atoms with van der Waals surface area (Å²) in [7, 11) is 0. The van der Waals surface area contributed by atoms with Gasteiger partial charge in [-0.05, 0) is 18.2 Å². The van der Waals surface area contributed by atoms with Crippen molar-refractivity contribution in [1.82, 2.24) is 9.97 Å². The van der Waals surface area contributed by atoms with E-state index in [4.69, 9.17) is 0 Å². The van der Waals surface area contributed by atoms with Crippen molar-refractivity contribution in [3.63, 3.8) is 0 Å². The summed E-state index contributed by atoms with van der Waals surface area (Å²) in [6.07, 6.45) is 3.94. The van der Waals surface area contributed by atoms with Crippen molar-refractivity contribution in [2.45, 2.75) is 6.42 Å². The van der Waals surface area contributed by atoms with Crippen molar-refractivity contribution in [1.29, 1.82) is 0 Å². The molecule has 0 unspecified atom stereocenters. The zero-order chi connectivity index (χ0) is 9.80. The average molecular weight is 186 g/mol. The van der Waals surface area contributed by atoms with Crippen LogP contribution in [0.2, 0.25) is 0 Å². The third kappa shape index (κ3) is 1.88. The minimum absolute atomic E-state index is 0.0434. The molecule has 0 spiro atoms. The third-order valence-corrected chi connectivity index (χ3v) is 2.00. The van der Waals surface area contributed by atoms with Gasteiger partial charge in [-0.2, -0.15) is 0 Å². The molecule has 1 N–H and O–H groups in total. The van der Waals surface area contributed by atoms with Crippen LogP contribution in [0.3, 0.4) is 0 Å².